The summed E-state index contributed by atoms with van der Waals surface area (Å²) in [6.07, 6.45) is -4.83. The van der Waals surface area contributed by atoms with Crippen LogP contribution in [0.1, 0.15) is 0 Å². The summed E-state index contributed by atoms with van der Waals surface area (Å²) >= 11 is 3.03. The fourth-order valence-electron chi connectivity index (χ4n) is 1.23. The summed E-state index contributed by atoms with van der Waals surface area (Å²) in [6.45, 7) is -0.454. The van der Waals surface area contributed by atoms with Crippen LogP contribution in [0, 0.1) is 11.3 Å². The Morgan fingerprint density at radius 1 is 1.45 bits per heavy atom. The molecule has 0 bridgehead atoms. The van der Waals surface area contributed by atoms with Crippen LogP contribution in [-0.4, -0.2) is 25.4 Å². The molecule has 0 saturated carbocycles. The van der Waals surface area contributed by atoms with Crippen LogP contribution in [0.3, 0.4) is 0 Å². The van der Waals surface area contributed by atoms with E-state index in [1.807, 2.05) is 0 Å². The lowest BCUT2D eigenvalue weighted by Gasteiger charge is -2.14. The van der Waals surface area contributed by atoms with Gasteiger partial charge in [-0.1, -0.05) is 15.9 Å². The van der Waals surface area contributed by atoms with Gasteiger partial charge in [0.2, 0.25) is 5.91 Å². The summed E-state index contributed by atoms with van der Waals surface area (Å²) in [6, 6.07) is 5.67. The molecule has 0 saturated heterocycles. The maximum Gasteiger partial charge on any atom is 0.573 e. The quantitative estimate of drug-likeness (QED) is 0.799. The third-order valence-corrected chi connectivity index (χ3v) is 2.47. The summed E-state index contributed by atoms with van der Waals surface area (Å²) < 4.78 is 41.0. The lowest BCUT2D eigenvalue weighted by molar-refractivity contribution is -0.274. The largest absolute Gasteiger partial charge is 0.573 e. The van der Waals surface area contributed by atoms with Crippen molar-refractivity contribution in [2.75, 3.05) is 18.4 Å². The summed E-state index contributed by atoms with van der Waals surface area (Å²) in [5.41, 5.74) is 0.0117. The highest BCUT2D eigenvalue weighted by atomic mass is 79.9. The van der Waals surface area contributed by atoms with Crippen LogP contribution in [-0.2, 0) is 4.79 Å². The molecule has 1 aromatic carbocycles. The number of carbonyl (C=O) groups excluding carboxylic acids is 1. The number of halogens is 4. The van der Waals surface area contributed by atoms with Gasteiger partial charge in [0.15, 0.2) is 5.75 Å². The van der Waals surface area contributed by atoms with Gasteiger partial charge in [-0.2, -0.15) is 5.26 Å². The van der Waals surface area contributed by atoms with E-state index in [0.717, 1.165) is 6.07 Å². The predicted octanol–water partition coefficient (Wildman–Crippen LogP) is 2.40. The molecule has 2 N–H and O–H groups in total. The van der Waals surface area contributed by atoms with Crippen molar-refractivity contribution in [1.29, 1.82) is 5.26 Å². The Balaban J connectivity index is 2.74. The summed E-state index contributed by atoms with van der Waals surface area (Å²) in [5, 5.41) is 13.0. The fourth-order valence-corrected chi connectivity index (χ4v) is 1.57. The van der Waals surface area contributed by atoms with Crippen LogP contribution >= 0.6 is 15.9 Å². The number of benzene rings is 1. The molecule has 0 heterocycles. The van der Waals surface area contributed by atoms with Gasteiger partial charge >= 0.3 is 6.36 Å². The van der Waals surface area contributed by atoms with E-state index in [4.69, 9.17) is 5.26 Å². The monoisotopic (exact) mass is 351 g/mol. The van der Waals surface area contributed by atoms with Crippen molar-refractivity contribution in [2.24, 2.45) is 0 Å². The van der Waals surface area contributed by atoms with Crippen molar-refractivity contribution in [1.82, 2.24) is 5.32 Å². The van der Waals surface area contributed by atoms with Crippen molar-refractivity contribution in [2.45, 2.75) is 6.36 Å². The number of anilines is 1. The molecule has 0 atom stereocenters. The number of ether oxygens (including phenoxy) is 1. The zero-order valence-corrected chi connectivity index (χ0v) is 11.5. The van der Waals surface area contributed by atoms with Gasteiger partial charge in [-0.25, -0.2) is 0 Å². The first-order chi connectivity index (χ1) is 9.31. The number of amides is 1. The SMILES string of the molecule is N#CCNC(=O)CNc1ccc(Br)cc1OC(F)(F)F. The maximum absolute atomic E-state index is 12.2. The van der Waals surface area contributed by atoms with Crippen LogP contribution in [0.2, 0.25) is 0 Å². The van der Waals surface area contributed by atoms with E-state index in [-0.39, 0.29) is 18.8 Å². The summed E-state index contributed by atoms with van der Waals surface area (Å²) in [7, 11) is 0. The van der Waals surface area contributed by atoms with Gasteiger partial charge in [0.05, 0.1) is 18.3 Å². The van der Waals surface area contributed by atoms with E-state index in [1.54, 1.807) is 6.07 Å². The minimum atomic E-state index is -4.83. The number of nitrogens with one attached hydrogen (secondary N) is 2. The number of rotatable bonds is 5. The molecule has 0 aliphatic heterocycles. The smallest absolute Gasteiger partial charge is 0.404 e. The van der Waals surface area contributed by atoms with E-state index in [9.17, 15) is 18.0 Å². The van der Waals surface area contributed by atoms with E-state index in [0.29, 0.717) is 4.47 Å². The van der Waals surface area contributed by atoms with Crippen LogP contribution in [0.15, 0.2) is 22.7 Å². The van der Waals surface area contributed by atoms with Crippen molar-refractivity contribution in [3.63, 3.8) is 0 Å². The molecule has 0 aromatic heterocycles. The van der Waals surface area contributed by atoms with E-state index >= 15 is 0 Å². The van der Waals surface area contributed by atoms with Gasteiger partial charge in [0.1, 0.15) is 6.54 Å². The predicted molar refractivity (Wildman–Crippen MR) is 67.9 cm³/mol. The van der Waals surface area contributed by atoms with Gasteiger partial charge in [0, 0.05) is 4.47 Å². The third kappa shape index (κ3) is 5.79. The molecule has 9 heteroatoms. The van der Waals surface area contributed by atoms with Gasteiger partial charge in [-0.05, 0) is 18.2 Å². The summed E-state index contributed by atoms with van der Waals surface area (Å²) in [5.74, 6) is -0.979. The fraction of sp³-hybridized carbons (Fsp3) is 0.273. The zero-order valence-electron chi connectivity index (χ0n) is 9.92. The standard InChI is InChI=1S/C11H9BrF3N3O2/c12-7-1-2-8(9(5-7)20-11(13,14)15)18-6-10(19)17-4-3-16/h1-2,5,18H,4,6H2,(H,17,19). The molecule has 1 amide bonds. The topological polar surface area (TPSA) is 74.2 Å². The first-order valence-electron chi connectivity index (χ1n) is 5.24. The molecular formula is C11H9BrF3N3O2. The normalized spacial score (nSPS) is 10.6. The van der Waals surface area contributed by atoms with Crippen molar-refractivity contribution < 1.29 is 22.7 Å². The number of alkyl halides is 3. The second kappa shape index (κ2) is 7.00. The second-order valence-electron chi connectivity index (χ2n) is 3.48. The lowest BCUT2D eigenvalue weighted by Crippen LogP contribution is -2.30. The van der Waals surface area contributed by atoms with Crippen molar-refractivity contribution >= 4 is 27.5 Å². The maximum atomic E-state index is 12.2. The highest BCUT2D eigenvalue weighted by Crippen LogP contribution is 2.32. The Morgan fingerprint density at radius 3 is 2.75 bits per heavy atom. The summed E-state index contributed by atoms with van der Waals surface area (Å²) in [4.78, 5) is 11.2. The molecule has 5 nitrogen and oxygen atoms in total. The number of nitrogens with zero attached hydrogens (tertiary/aromatic N) is 1. The minimum Gasteiger partial charge on any atom is -0.404 e. The Labute approximate surface area is 120 Å². The van der Waals surface area contributed by atoms with Gasteiger partial charge in [0.25, 0.3) is 0 Å². The average molecular weight is 352 g/mol. The van der Waals surface area contributed by atoms with Gasteiger partial charge < -0.3 is 15.4 Å². The lowest BCUT2D eigenvalue weighted by atomic mass is 10.3. The molecule has 108 valence electrons. The number of hydrogen-bond acceptors (Lipinski definition) is 4. The Bertz CT molecular complexity index is 529. The molecule has 0 spiro atoms. The molecule has 0 radical (unpaired) electrons. The second-order valence-corrected chi connectivity index (χ2v) is 4.39. The number of nitriles is 1. The van der Waals surface area contributed by atoms with Crippen LogP contribution < -0.4 is 15.4 Å². The molecule has 0 aliphatic rings. The van der Waals surface area contributed by atoms with E-state index < -0.39 is 18.0 Å². The Kier molecular flexibility index (Phi) is 5.64. The molecule has 0 fully saturated rings. The van der Waals surface area contributed by atoms with E-state index in [2.05, 4.69) is 31.3 Å². The average Bonchev–Trinajstić information content (AvgIpc) is 2.33. The molecule has 0 unspecified atom stereocenters. The van der Waals surface area contributed by atoms with Gasteiger partial charge in [-0.3, -0.25) is 4.79 Å². The zero-order chi connectivity index (χ0) is 15.2. The molecule has 20 heavy (non-hydrogen) atoms. The molecule has 1 rings (SSSR count). The highest BCUT2D eigenvalue weighted by Gasteiger charge is 2.32. The van der Waals surface area contributed by atoms with Crippen LogP contribution in [0.4, 0.5) is 18.9 Å². The van der Waals surface area contributed by atoms with Gasteiger partial charge in [-0.15, -0.1) is 13.2 Å². The van der Waals surface area contributed by atoms with E-state index in [1.165, 1.54) is 12.1 Å². The first kappa shape index (κ1) is 16.1. The highest BCUT2D eigenvalue weighted by molar-refractivity contribution is 9.10. The molecular weight excluding hydrogens is 343 g/mol. The van der Waals surface area contributed by atoms with Crippen LogP contribution in [0.25, 0.3) is 0 Å². The van der Waals surface area contributed by atoms with Crippen molar-refractivity contribution in [3.8, 4) is 11.8 Å². The first-order valence-corrected chi connectivity index (χ1v) is 6.04. The Hall–Kier alpha value is -1.95. The molecule has 0 aliphatic carbocycles. The molecule has 1 aromatic rings. The number of carbonyl (C=O) groups is 1. The van der Waals surface area contributed by atoms with Crippen LogP contribution in [0.5, 0.6) is 5.75 Å². The number of hydrogen-bond donors (Lipinski definition) is 2. The third-order valence-electron chi connectivity index (χ3n) is 1.97. The Morgan fingerprint density at radius 2 is 2.15 bits per heavy atom. The van der Waals surface area contributed by atoms with Crippen molar-refractivity contribution in [3.05, 3.63) is 22.7 Å². The minimum absolute atomic E-state index is 0.0117.